The Hall–Kier alpha value is -1.69. The highest BCUT2D eigenvalue weighted by Gasteiger charge is 2.68. The molecule has 6 heteroatoms. The number of nitrogens with one attached hydrogen (secondary N) is 1. The normalized spacial score (nSPS) is 22.2. The molecule has 146 valence electrons. The molecule has 1 saturated carbocycles. The predicted molar refractivity (Wildman–Crippen MR) is 108 cm³/mol. The summed E-state index contributed by atoms with van der Waals surface area (Å²) in [6, 6.07) is 5.00. The molecule has 0 radical (unpaired) electrons. The van der Waals surface area contributed by atoms with E-state index in [0.29, 0.717) is 22.0 Å². The second-order valence-corrected chi connectivity index (χ2v) is 10.1. The second-order valence-electron chi connectivity index (χ2n) is 9.13. The summed E-state index contributed by atoms with van der Waals surface area (Å²) in [5, 5.41) is 4.15. The van der Waals surface area contributed by atoms with Crippen molar-refractivity contribution in [3.05, 3.63) is 24.0 Å². The maximum Gasteiger partial charge on any atom is 0.226 e. The number of thiazole rings is 1. The highest BCUT2D eigenvalue weighted by Crippen LogP contribution is 2.68. The monoisotopic (exact) mass is 389 g/mol. The van der Waals surface area contributed by atoms with Crippen LogP contribution in [0.4, 0.5) is 9.52 Å². The molecule has 2 heterocycles. The van der Waals surface area contributed by atoms with Crippen molar-refractivity contribution < 1.29 is 9.18 Å². The average Bonchev–Trinajstić information content (AvgIpc) is 2.92. The summed E-state index contributed by atoms with van der Waals surface area (Å²) in [5.41, 5.74) is 0.910. The Morgan fingerprint density at radius 1 is 1.26 bits per heavy atom. The zero-order valence-electron chi connectivity index (χ0n) is 16.5. The van der Waals surface area contributed by atoms with Crippen molar-refractivity contribution in [1.29, 1.82) is 0 Å². The molecule has 1 aromatic carbocycles. The molecule has 1 aliphatic heterocycles. The lowest BCUT2D eigenvalue weighted by molar-refractivity contribution is -0.135. The minimum absolute atomic E-state index is 0.102. The van der Waals surface area contributed by atoms with Gasteiger partial charge in [-0.15, -0.1) is 0 Å². The fourth-order valence-corrected chi connectivity index (χ4v) is 5.45. The molecule has 4 nitrogen and oxygen atoms in total. The number of benzene rings is 1. The van der Waals surface area contributed by atoms with Crippen LogP contribution >= 0.6 is 11.3 Å². The number of hydrogen-bond acceptors (Lipinski definition) is 4. The molecular weight excluding hydrogens is 361 g/mol. The van der Waals surface area contributed by atoms with Crippen LogP contribution in [-0.2, 0) is 4.79 Å². The van der Waals surface area contributed by atoms with Crippen LogP contribution < -0.4 is 5.32 Å². The average molecular weight is 390 g/mol. The van der Waals surface area contributed by atoms with Gasteiger partial charge in [-0.05, 0) is 41.7 Å². The summed E-state index contributed by atoms with van der Waals surface area (Å²) in [6.45, 7) is 11.3. The molecule has 1 N–H and O–H groups in total. The third-order valence-electron chi connectivity index (χ3n) is 7.10. The summed E-state index contributed by atoms with van der Waals surface area (Å²) in [7, 11) is 0. The van der Waals surface area contributed by atoms with Crippen LogP contribution in [0.2, 0.25) is 0 Å². The Bertz CT molecular complexity index is 853. The van der Waals surface area contributed by atoms with E-state index in [1.807, 2.05) is 6.07 Å². The number of hydrogen-bond donors (Lipinski definition) is 1. The van der Waals surface area contributed by atoms with Crippen molar-refractivity contribution in [2.75, 3.05) is 25.0 Å². The lowest BCUT2D eigenvalue weighted by Crippen LogP contribution is -2.41. The van der Waals surface area contributed by atoms with Crippen LogP contribution in [-0.4, -0.2) is 35.4 Å². The number of fused-ring (bicyclic) bond motifs is 1. The summed E-state index contributed by atoms with van der Waals surface area (Å²) < 4.78 is 14.4. The molecule has 27 heavy (non-hydrogen) atoms. The Labute approximate surface area is 164 Å². The van der Waals surface area contributed by atoms with E-state index < -0.39 is 0 Å². The number of likely N-dealkylation sites (tertiary alicyclic amines) is 1. The Morgan fingerprint density at radius 3 is 2.52 bits per heavy atom. The second kappa shape index (κ2) is 6.43. The minimum Gasteiger partial charge on any atom is -0.361 e. The summed E-state index contributed by atoms with van der Waals surface area (Å²) in [5.74, 6) is 0.789. The Morgan fingerprint density at radius 2 is 1.93 bits per heavy atom. The first-order valence-corrected chi connectivity index (χ1v) is 10.6. The van der Waals surface area contributed by atoms with Crippen LogP contribution in [0.5, 0.6) is 0 Å². The topological polar surface area (TPSA) is 45.2 Å². The third kappa shape index (κ3) is 3.12. The van der Waals surface area contributed by atoms with Gasteiger partial charge < -0.3 is 10.2 Å². The summed E-state index contributed by atoms with van der Waals surface area (Å²) in [4.78, 5) is 19.4. The van der Waals surface area contributed by atoms with Gasteiger partial charge in [0.15, 0.2) is 5.13 Å². The van der Waals surface area contributed by atoms with Crippen molar-refractivity contribution in [2.24, 2.45) is 22.7 Å². The first kappa shape index (κ1) is 18.7. The van der Waals surface area contributed by atoms with Crippen molar-refractivity contribution in [3.8, 4) is 0 Å². The van der Waals surface area contributed by atoms with E-state index in [-0.39, 0.29) is 22.6 Å². The number of carbonyl (C=O) groups is 1. The summed E-state index contributed by atoms with van der Waals surface area (Å²) in [6.07, 6.45) is 2.01. The fraction of sp³-hybridized carbons (Fsp3) is 0.619. The van der Waals surface area contributed by atoms with Crippen LogP contribution in [0, 0.1) is 28.5 Å². The van der Waals surface area contributed by atoms with Gasteiger partial charge in [-0.25, -0.2) is 9.37 Å². The molecule has 0 atom stereocenters. The highest BCUT2D eigenvalue weighted by molar-refractivity contribution is 7.22. The van der Waals surface area contributed by atoms with Gasteiger partial charge in [0.05, 0.1) is 10.2 Å². The zero-order valence-corrected chi connectivity index (χ0v) is 17.3. The first-order valence-electron chi connectivity index (χ1n) is 9.79. The number of halogens is 1. The van der Waals surface area contributed by atoms with Gasteiger partial charge in [0.1, 0.15) is 5.82 Å². The van der Waals surface area contributed by atoms with Gasteiger partial charge in [-0.2, -0.15) is 0 Å². The molecule has 4 rings (SSSR count). The predicted octanol–water partition coefficient (Wildman–Crippen LogP) is 4.77. The van der Waals surface area contributed by atoms with E-state index >= 15 is 0 Å². The van der Waals surface area contributed by atoms with E-state index in [9.17, 15) is 9.18 Å². The number of anilines is 1. The number of nitrogens with zero attached hydrogens (tertiary/aromatic N) is 2. The number of amides is 1. The quantitative estimate of drug-likeness (QED) is 0.819. The van der Waals surface area contributed by atoms with Gasteiger partial charge in [0.25, 0.3) is 0 Å². The lowest BCUT2D eigenvalue weighted by atomic mass is 9.96. The fourth-order valence-electron chi connectivity index (χ4n) is 4.58. The summed E-state index contributed by atoms with van der Waals surface area (Å²) >= 11 is 1.37. The molecule has 1 aliphatic carbocycles. The molecule has 2 aromatic rings. The van der Waals surface area contributed by atoms with Crippen LogP contribution in [0.1, 0.15) is 40.5 Å². The number of piperidine rings is 1. The number of rotatable bonds is 4. The van der Waals surface area contributed by atoms with Crippen molar-refractivity contribution in [1.82, 2.24) is 9.88 Å². The largest absolute Gasteiger partial charge is 0.361 e. The Balaban J connectivity index is 1.30. The van der Waals surface area contributed by atoms with E-state index in [2.05, 4.69) is 42.9 Å². The van der Waals surface area contributed by atoms with Gasteiger partial charge in [-0.3, -0.25) is 4.79 Å². The molecule has 0 unspecified atom stereocenters. The van der Waals surface area contributed by atoms with E-state index in [1.165, 1.54) is 17.4 Å². The molecule has 1 amide bonds. The molecule has 2 fully saturated rings. The highest BCUT2D eigenvalue weighted by atomic mass is 32.1. The van der Waals surface area contributed by atoms with Crippen LogP contribution in [0.15, 0.2) is 18.2 Å². The standard InChI is InChI=1S/C21H28FN3OS/c1-20(2)17(21(20,3)4)18(26)25-10-8-13(9-11-25)12-23-19-24-15-7-5-6-14(22)16(15)27-19/h5-7,13,17H,8-12H2,1-4H3,(H,23,24). The molecule has 0 spiro atoms. The van der Waals surface area contributed by atoms with Gasteiger partial charge in [0, 0.05) is 25.6 Å². The van der Waals surface area contributed by atoms with Crippen LogP contribution in [0.3, 0.4) is 0 Å². The maximum absolute atomic E-state index is 13.8. The molecular formula is C21H28FN3OS. The SMILES string of the molecule is CC1(C)C(C(=O)N2CCC(CNc3nc4cccc(F)c4s3)CC2)C1(C)C. The Kier molecular flexibility index (Phi) is 4.45. The van der Waals surface area contributed by atoms with Gasteiger partial charge in [0.2, 0.25) is 5.91 Å². The number of aromatic nitrogens is 1. The minimum atomic E-state index is -0.212. The third-order valence-corrected chi connectivity index (χ3v) is 8.14. The maximum atomic E-state index is 13.8. The lowest BCUT2D eigenvalue weighted by Gasteiger charge is -2.32. The molecule has 1 aromatic heterocycles. The van der Waals surface area contributed by atoms with E-state index in [4.69, 9.17) is 0 Å². The zero-order chi connectivity index (χ0) is 19.4. The first-order chi connectivity index (χ1) is 12.7. The van der Waals surface area contributed by atoms with Crippen molar-refractivity contribution in [3.63, 3.8) is 0 Å². The number of carbonyl (C=O) groups excluding carboxylic acids is 1. The molecule has 0 bridgehead atoms. The van der Waals surface area contributed by atoms with Gasteiger partial charge in [-0.1, -0.05) is 45.1 Å². The molecule has 2 aliphatic rings. The van der Waals surface area contributed by atoms with E-state index in [0.717, 1.165) is 37.6 Å². The van der Waals surface area contributed by atoms with E-state index in [1.54, 1.807) is 6.07 Å². The van der Waals surface area contributed by atoms with Crippen LogP contribution in [0.25, 0.3) is 10.2 Å². The molecule has 1 saturated heterocycles. The van der Waals surface area contributed by atoms with Gasteiger partial charge >= 0.3 is 0 Å². The smallest absolute Gasteiger partial charge is 0.226 e. The van der Waals surface area contributed by atoms with Crippen molar-refractivity contribution >= 4 is 32.6 Å². The van der Waals surface area contributed by atoms with Crippen molar-refractivity contribution in [2.45, 2.75) is 40.5 Å².